The van der Waals surface area contributed by atoms with Crippen LogP contribution in [0, 0.1) is 17.0 Å². The lowest BCUT2D eigenvalue weighted by Crippen LogP contribution is -2.23. The molecule has 6 nitrogen and oxygen atoms in total. The lowest BCUT2D eigenvalue weighted by Gasteiger charge is -2.18. The summed E-state index contributed by atoms with van der Waals surface area (Å²) in [5.41, 5.74) is 0.557. The molecule has 0 spiro atoms. The van der Waals surface area contributed by atoms with Crippen LogP contribution in [0.25, 0.3) is 0 Å². The van der Waals surface area contributed by atoms with E-state index in [1.54, 1.807) is 6.92 Å². The van der Waals surface area contributed by atoms with E-state index in [0.29, 0.717) is 35.4 Å². The summed E-state index contributed by atoms with van der Waals surface area (Å²) in [6.45, 7) is 2.91. The smallest absolute Gasteiger partial charge is 0.291 e. The molecule has 1 aromatic rings. The molecule has 17 heavy (non-hydrogen) atoms. The Labute approximate surface area is 107 Å². The van der Waals surface area contributed by atoms with Crippen LogP contribution in [0.4, 0.5) is 11.5 Å². The van der Waals surface area contributed by atoms with E-state index in [1.165, 1.54) is 6.20 Å². The lowest BCUT2D eigenvalue weighted by atomic mass is 10.2. The van der Waals surface area contributed by atoms with Gasteiger partial charge in [0.25, 0.3) is 5.69 Å². The van der Waals surface area contributed by atoms with Crippen LogP contribution in [0.3, 0.4) is 0 Å². The summed E-state index contributed by atoms with van der Waals surface area (Å²) >= 11 is 3.34. The number of nitro groups is 1. The van der Waals surface area contributed by atoms with Crippen molar-refractivity contribution in [3.05, 3.63) is 26.3 Å². The summed E-state index contributed by atoms with van der Waals surface area (Å²) in [5.74, 6) is 0.657. The first kappa shape index (κ1) is 12.3. The number of anilines is 1. The van der Waals surface area contributed by atoms with E-state index in [0.717, 1.165) is 0 Å². The predicted octanol–water partition coefficient (Wildman–Crippen LogP) is 1.63. The molecule has 1 saturated heterocycles. The average Bonchev–Trinajstić information content (AvgIpc) is 2.68. The number of hydrogen-bond acceptors (Lipinski definition) is 5. The summed E-state index contributed by atoms with van der Waals surface area (Å²) in [6.07, 6.45) is 1.61. The Morgan fingerprint density at radius 3 is 2.94 bits per heavy atom. The van der Waals surface area contributed by atoms with Crippen molar-refractivity contribution in [2.45, 2.75) is 19.4 Å². The number of pyridine rings is 1. The number of halogens is 1. The van der Waals surface area contributed by atoms with Crippen molar-refractivity contribution in [1.82, 2.24) is 4.98 Å². The van der Waals surface area contributed by atoms with Gasteiger partial charge in [-0.1, -0.05) is 0 Å². The maximum absolute atomic E-state index is 10.7. The van der Waals surface area contributed by atoms with Crippen molar-refractivity contribution in [3.8, 4) is 0 Å². The monoisotopic (exact) mass is 301 g/mol. The summed E-state index contributed by atoms with van der Waals surface area (Å²) in [7, 11) is 0. The Kier molecular flexibility index (Phi) is 3.30. The third-order valence-corrected chi connectivity index (χ3v) is 3.83. The molecule has 0 saturated carbocycles. The molecule has 0 amide bonds. The molecular weight excluding hydrogens is 290 g/mol. The number of rotatable bonds is 2. The number of aliphatic hydroxyl groups is 1. The molecule has 2 rings (SSSR count). The van der Waals surface area contributed by atoms with Crippen LogP contribution in [0.1, 0.15) is 12.0 Å². The molecule has 1 N–H and O–H groups in total. The third kappa shape index (κ3) is 2.25. The Morgan fingerprint density at radius 2 is 2.41 bits per heavy atom. The second kappa shape index (κ2) is 4.58. The van der Waals surface area contributed by atoms with Gasteiger partial charge < -0.3 is 10.0 Å². The lowest BCUT2D eigenvalue weighted by molar-refractivity contribution is -0.385. The van der Waals surface area contributed by atoms with Gasteiger partial charge in [-0.3, -0.25) is 10.1 Å². The summed E-state index contributed by atoms with van der Waals surface area (Å²) in [5, 5.41) is 20.2. The normalized spacial score (nSPS) is 19.7. The van der Waals surface area contributed by atoms with Crippen LogP contribution in [-0.2, 0) is 0 Å². The first-order valence-corrected chi connectivity index (χ1v) is 6.02. The number of hydrogen-bond donors (Lipinski definition) is 1. The molecule has 92 valence electrons. The molecule has 0 aromatic carbocycles. The van der Waals surface area contributed by atoms with Crippen molar-refractivity contribution in [2.75, 3.05) is 18.0 Å². The van der Waals surface area contributed by atoms with Gasteiger partial charge in [0.2, 0.25) is 0 Å². The van der Waals surface area contributed by atoms with Gasteiger partial charge in [0.1, 0.15) is 12.0 Å². The van der Waals surface area contributed by atoms with Crippen LogP contribution >= 0.6 is 15.9 Å². The van der Waals surface area contributed by atoms with Crippen LogP contribution < -0.4 is 4.90 Å². The fourth-order valence-electron chi connectivity index (χ4n) is 1.89. The Balaban J connectivity index is 2.37. The maximum Gasteiger partial charge on any atom is 0.291 e. The van der Waals surface area contributed by atoms with Gasteiger partial charge in [-0.25, -0.2) is 4.98 Å². The van der Waals surface area contributed by atoms with E-state index in [1.807, 2.05) is 4.90 Å². The fourth-order valence-corrected chi connectivity index (χ4v) is 2.45. The third-order valence-electron chi connectivity index (χ3n) is 2.88. The zero-order valence-corrected chi connectivity index (χ0v) is 10.8. The van der Waals surface area contributed by atoms with Gasteiger partial charge in [0, 0.05) is 18.7 Å². The van der Waals surface area contributed by atoms with Crippen molar-refractivity contribution in [2.24, 2.45) is 0 Å². The second-order valence-corrected chi connectivity index (χ2v) is 4.84. The van der Waals surface area contributed by atoms with Gasteiger partial charge in [0.15, 0.2) is 0 Å². The highest BCUT2D eigenvalue weighted by atomic mass is 79.9. The first-order valence-electron chi connectivity index (χ1n) is 5.23. The van der Waals surface area contributed by atoms with Crippen LogP contribution in [0.5, 0.6) is 0 Å². The van der Waals surface area contributed by atoms with Crippen LogP contribution in [-0.4, -0.2) is 34.2 Å². The number of aliphatic hydroxyl groups excluding tert-OH is 1. The first-order chi connectivity index (χ1) is 8.00. The molecule has 0 bridgehead atoms. The largest absolute Gasteiger partial charge is 0.391 e. The molecule has 1 aliphatic heterocycles. The highest BCUT2D eigenvalue weighted by Crippen LogP contribution is 2.34. The quantitative estimate of drug-likeness (QED) is 0.663. The van der Waals surface area contributed by atoms with E-state index in [4.69, 9.17) is 0 Å². The molecule has 1 aliphatic rings. The number of β-amino-alcohol motifs (C(OH)–C–C–N with tert-alkyl or cyclic N) is 1. The standard InChI is InChI=1S/C10H12BrN3O3/c1-6-8(14(16)17)4-12-10(9(6)11)13-3-2-7(15)5-13/h4,7,15H,2-3,5H2,1H3. The minimum Gasteiger partial charge on any atom is -0.391 e. The Hall–Kier alpha value is -1.21. The van der Waals surface area contributed by atoms with Crippen molar-refractivity contribution in [3.63, 3.8) is 0 Å². The van der Waals surface area contributed by atoms with Gasteiger partial charge in [0.05, 0.1) is 15.5 Å². The maximum atomic E-state index is 10.7. The molecule has 2 heterocycles. The van der Waals surface area contributed by atoms with Gasteiger partial charge >= 0.3 is 0 Å². The number of nitrogens with zero attached hydrogens (tertiary/aromatic N) is 3. The molecule has 1 unspecified atom stereocenters. The van der Waals surface area contributed by atoms with E-state index in [2.05, 4.69) is 20.9 Å². The Morgan fingerprint density at radius 1 is 1.71 bits per heavy atom. The molecule has 0 radical (unpaired) electrons. The van der Waals surface area contributed by atoms with Gasteiger partial charge in [-0.05, 0) is 29.3 Å². The summed E-state index contributed by atoms with van der Waals surface area (Å²) in [6, 6.07) is 0. The van der Waals surface area contributed by atoms with Gasteiger partial charge in [-0.2, -0.15) is 0 Å². The van der Waals surface area contributed by atoms with Gasteiger partial charge in [-0.15, -0.1) is 0 Å². The minimum absolute atomic E-state index is 0.000343. The zero-order chi connectivity index (χ0) is 12.6. The average molecular weight is 302 g/mol. The predicted molar refractivity (Wildman–Crippen MR) is 66.2 cm³/mol. The molecular formula is C10H12BrN3O3. The fraction of sp³-hybridized carbons (Fsp3) is 0.500. The van der Waals surface area contributed by atoms with Crippen molar-refractivity contribution in [1.29, 1.82) is 0 Å². The van der Waals surface area contributed by atoms with E-state index < -0.39 is 4.92 Å². The second-order valence-electron chi connectivity index (χ2n) is 4.05. The van der Waals surface area contributed by atoms with E-state index in [-0.39, 0.29) is 11.8 Å². The molecule has 1 atom stereocenters. The molecule has 7 heteroatoms. The SMILES string of the molecule is Cc1c([N+](=O)[O-])cnc(N2CCC(O)C2)c1Br. The highest BCUT2D eigenvalue weighted by Gasteiger charge is 2.26. The summed E-state index contributed by atoms with van der Waals surface area (Å²) in [4.78, 5) is 16.3. The van der Waals surface area contributed by atoms with Crippen molar-refractivity contribution < 1.29 is 10.0 Å². The molecule has 0 aliphatic carbocycles. The van der Waals surface area contributed by atoms with Crippen molar-refractivity contribution >= 4 is 27.4 Å². The molecule has 1 aromatic heterocycles. The summed E-state index contributed by atoms with van der Waals surface area (Å²) < 4.78 is 0.626. The highest BCUT2D eigenvalue weighted by molar-refractivity contribution is 9.10. The topological polar surface area (TPSA) is 79.5 Å². The van der Waals surface area contributed by atoms with Crippen LogP contribution in [0.2, 0.25) is 0 Å². The molecule has 1 fully saturated rings. The zero-order valence-electron chi connectivity index (χ0n) is 9.26. The van der Waals surface area contributed by atoms with Crippen LogP contribution in [0.15, 0.2) is 10.7 Å². The Bertz CT molecular complexity index is 466. The minimum atomic E-state index is -0.449. The number of aromatic nitrogens is 1. The van der Waals surface area contributed by atoms with E-state index >= 15 is 0 Å². The van der Waals surface area contributed by atoms with E-state index in [9.17, 15) is 15.2 Å².